The molecule has 0 spiro atoms. The van der Waals surface area contributed by atoms with Crippen LogP contribution in [0.3, 0.4) is 0 Å². The van der Waals surface area contributed by atoms with Crippen LogP contribution in [0.25, 0.3) is 0 Å². The third kappa shape index (κ3) is 6.38. The molecule has 0 unspecified atom stereocenters. The molecule has 30 heavy (non-hydrogen) atoms. The van der Waals surface area contributed by atoms with Crippen molar-refractivity contribution in [3.8, 4) is 0 Å². The van der Waals surface area contributed by atoms with Gasteiger partial charge >= 0.3 is 0 Å². The van der Waals surface area contributed by atoms with Gasteiger partial charge in [0, 0.05) is 37.3 Å². The Hall–Kier alpha value is -2.23. The molecule has 1 amide bonds. The normalized spacial score (nSPS) is 13.9. The lowest BCUT2D eigenvalue weighted by Gasteiger charge is -2.16. The van der Waals surface area contributed by atoms with Crippen LogP contribution in [-0.4, -0.2) is 31.5 Å². The SMILES string of the molecule is CCNC(=NCc1ccc(N2CCCC2=O)cc1)NCCc1c(F)cccc1F.I. The van der Waals surface area contributed by atoms with Crippen LogP contribution in [0, 0.1) is 11.6 Å². The lowest BCUT2D eigenvalue weighted by atomic mass is 10.1. The average molecular weight is 528 g/mol. The summed E-state index contributed by atoms with van der Waals surface area (Å²) in [7, 11) is 0. The van der Waals surface area contributed by atoms with Crippen molar-refractivity contribution in [2.24, 2.45) is 4.99 Å². The van der Waals surface area contributed by atoms with Gasteiger partial charge < -0.3 is 15.5 Å². The summed E-state index contributed by atoms with van der Waals surface area (Å²) in [5, 5.41) is 6.24. The standard InChI is InChI=1S/C22H26F2N4O.HI/c1-2-25-22(26-13-12-18-19(23)5-3-6-20(18)24)27-15-16-8-10-17(11-9-16)28-14-4-7-21(28)29;/h3,5-6,8-11H,2,4,7,12-15H2,1H3,(H2,25,26,27);1H. The second kappa shape index (κ2) is 11.8. The van der Waals surface area contributed by atoms with Gasteiger partial charge in [0.1, 0.15) is 11.6 Å². The number of carbonyl (C=O) groups is 1. The van der Waals surface area contributed by atoms with Crippen molar-refractivity contribution >= 4 is 41.5 Å². The highest BCUT2D eigenvalue weighted by Gasteiger charge is 2.21. The molecule has 162 valence electrons. The number of hydrogen-bond acceptors (Lipinski definition) is 2. The van der Waals surface area contributed by atoms with E-state index in [0.29, 0.717) is 32.0 Å². The largest absolute Gasteiger partial charge is 0.357 e. The van der Waals surface area contributed by atoms with Crippen molar-refractivity contribution in [2.75, 3.05) is 24.5 Å². The summed E-state index contributed by atoms with van der Waals surface area (Å²) in [5.41, 5.74) is 2.00. The fraction of sp³-hybridized carbons (Fsp3) is 0.364. The maximum atomic E-state index is 13.7. The van der Waals surface area contributed by atoms with Crippen LogP contribution >= 0.6 is 24.0 Å². The van der Waals surface area contributed by atoms with Crippen LogP contribution in [0.4, 0.5) is 14.5 Å². The zero-order chi connectivity index (χ0) is 20.6. The number of carbonyl (C=O) groups excluding carboxylic acids is 1. The molecule has 2 aromatic carbocycles. The van der Waals surface area contributed by atoms with Gasteiger partial charge in [0.25, 0.3) is 0 Å². The monoisotopic (exact) mass is 528 g/mol. The van der Waals surface area contributed by atoms with Crippen LogP contribution < -0.4 is 15.5 Å². The van der Waals surface area contributed by atoms with Gasteiger partial charge in [-0.15, -0.1) is 24.0 Å². The summed E-state index contributed by atoms with van der Waals surface area (Å²) in [4.78, 5) is 18.2. The lowest BCUT2D eigenvalue weighted by Crippen LogP contribution is -2.38. The molecule has 1 aliphatic rings. The molecule has 2 aromatic rings. The number of hydrogen-bond donors (Lipinski definition) is 2. The molecule has 1 saturated heterocycles. The van der Waals surface area contributed by atoms with E-state index in [1.54, 1.807) is 4.90 Å². The van der Waals surface area contributed by atoms with Gasteiger partial charge in [0.05, 0.1) is 6.54 Å². The number of nitrogens with zero attached hydrogens (tertiary/aromatic N) is 2. The minimum atomic E-state index is -0.537. The van der Waals surface area contributed by atoms with Gasteiger partial charge in [-0.25, -0.2) is 13.8 Å². The Labute approximate surface area is 193 Å². The summed E-state index contributed by atoms with van der Waals surface area (Å²) < 4.78 is 27.4. The maximum absolute atomic E-state index is 13.7. The Balaban J connectivity index is 0.00000320. The van der Waals surface area contributed by atoms with E-state index >= 15 is 0 Å². The molecule has 1 heterocycles. The Morgan fingerprint density at radius 1 is 1.10 bits per heavy atom. The van der Waals surface area contributed by atoms with Crippen LogP contribution in [0.5, 0.6) is 0 Å². The Bertz CT molecular complexity index is 854. The summed E-state index contributed by atoms with van der Waals surface area (Å²) in [6.45, 7) is 4.22. The molecular weight excluding hydrogens is 501 g/mol. The second-order valence-electron chi connectivity index (χ2n) is 6.89. The van der Waals surface area contributed by atoms with E-state index in [4.69, 9.17) is 0 Å². The van der Waals surface area contributed by atoms with Gasteiger partial charge in [-0.1, -0.05) is 18.2 Å². The van der Waals surface area contributed by atoms with Crippen molar-refractivity contribution in [1.29, 1.82) is 0 Å². The van der Waals surface area contributed by atoms with E-state index in [1.165, 1.54) is 18.2 Å². The summed E-state index contributed by atoms with van der Waals surface area (Å²) >= 11 is 0. The van der Waals surface area contributed by atoms with Crippen molar-refractivity contribution in [2.45, 2.75) is 32.7 Å². The predicted octanol–water partition coefficient (Wildman–Crippen LogP) is 4.01. The minimum Gasteiger partial charge on any atom is -0.357 e. The van der Waals surface area contributed by atoms with Gasteiger partial charge in [0.15, 0.2) is 5.96 Å². The Kier molecular flexibility index (Phi) is 9.48. The summed E-state index contributed by atoms with van der Waals surface area (Å²) in [5.74, 6) is -0.320. The van der Waals surface area contributed by atoms with Crippen molar-refractivity contribution in [1.82, 2.24) is 10.6 Å². The van der Waals surface area contributed by atoms with Crippen LogP contribution in [-0.2, 0) is 17.8 Å². The third-order valence-electron chi connectivity index (χ3n) is 4.81. The maximum Gasteiger partial charge on any atom is 0.227 e. The van der Waals surface area contributed by atoms with E-state index in [1.807, 2.05) is 31.2 Å². The molecule has 3 rings (SSSR count). The number of guanidine groups is 1. The van der Waals surface area contributed by atoms with E-state index in [-0.39, 0.29) is 41.9 Å². The van der Waals surface area contributed by atoms with E-state index in [2.05, 4.69) is 15.6 Å². The molecule has 8 heteroatoms. The number of benzene rings is 2. The highest BCUT2D eigenvalue weighted by atomic mass is 127. The smallest absolute Gasteiger partial charge is 0.227 e. The fourth-order valence-corrected chi connectivity index (χ4v) is 3.29. The highest BCUT2D eigenvalue weighted by molar-refractivity contribution is 14.0. The number of rotatable bonds is 7. The van der Waals surface area contributed by atoms with Gasteiger partial charge in [-0.05, 0) is 49.6 Å². The van der Waals surface area contributed by atoms with E-state index in [9.17, 15) is 13.6 Å². The molecule has 0 aromatic heterocycles. The molecule has 5 nitrogen and oxygen atoms in total. The average Bonchev–Trinajstić information content (AvgIpc) is 3.14. The molecular formula is C22H27F2IN4O. The molecule has 0 saturated carbocycles. The number of halogens is 3. The van der Waals surface area contributed by atoms with Crippen molar-refractivity contribution in [3.05, 3.63) is 65.2 Å². The number of amides is 1. The first-order valence-corrected chi connectivity index (χ1v) is 9.93. The molecule has 2 N–H and O–H groups in total. The zero-order valence-electron chi connectivity index (χ0n) is 17.0. The summed E-state index contributed by atoms with van der Waals surface area (Å²) in [6.07, 6.45) is 1.74. The minimum absolute atomic E-state index is 0. The van der Waals surface area contributed by atoms with Gasteiger partial charge in [-0.3, -0.25) is 4.79 Å². The number of anilines is 1. The molecule has 1 aliphatic heterocycles. The first kappa shape index (κ1) is 24.0. The molecule has 1 fully saturated rings. The zero-order valence-corrected chi connectivity index (χ0v) is 19.3. The Morgan fingerprint density at radius 3 is 2.40 bits per heavy atom. The highest BCUT2D eigenvalue weighted by Crippen LogP contribution is 2.21. The van der Waals surface area contributed by atoms with Gasteiger partial charge in [-0.2, -0.15) is 0 Å². The molecule has 0 radical (unpaired) electrons. The quantitative estimate of drug-likeness (QED) is 0.325. The first-order valence-electron chi connectivity index (χ1n) is 9.93. The third-order valence-corrected chi connectivity index (χ3v) is 4.81. The fourth-order valence-electron chi connectivity index (χ4n) is 3.29. The van der Waals surface area contributed by atoms with E-state index in [0.717, 1.165) is 24.2 Å². The molecule has 0 aliphatic carbocycles. The molecule has 0 bridgehead atoms. The first-order chi connectivity index (χ1) is 14.1. The van der Waals surface area contributed by atoms with Crippen LogP contribution in [0.2, 0.25) is 0 Å². The van der Waals surface area contributed by atoms with Gasteiger partial charge in [0.2, 0.25) is 5.91 Å². The predicted molar refractivity (Wildman–Crippen MR) is 126 cm³/mol. The topological polar surface area (TPSA) is 56.7 Å². The summed E-state index contributed by atoms with van der Waals surface area (Å²) in [6, 6.07) is 11.7. The van der Waals surface area contributed by atoms with Crippen molar-refractivity contribution < 1.29 is 13.6 Å². The van der Waals surface area contributed by atoms with E-state index < -0.39 is 11.6 Å². The van der Waals surface area contributed by atoms with Crippen molar-refractivity contribution in [3.63, 3.8) is 0 Å². The number of aliphatic imine (C=N–C) groups is 1. The van der Waals surface area contributed by atoms with Crippen LogP contribution in [0.1, 0.15) is 30.9 Å². The lowest BCUT2D eigenvalue weighted by molar-refractivity contribution is -0.117. The number of nitrogens with one attached hydrogen (secondary N) is 2. The molecule has 0 atom stereocenters. The van der Waals surface area contributed by atoms with Crippen LogP contribution in [0.15, 0.2) is 47.5 Å². The second-order valence-corrected chi connectivity index (χ2v) is 6.89. The Morgan fingerprint density at radius 2 is 1.80 bits per heavy atom.